The predicted molar refractivity (Wildman–Crippen MR) is 452 cm³/mol. The average Bonchev–Trinajstić information content (AvgIpc) is 1.55. The number of para-hydroxylation sites is 1. The van der Waals surface area contributed by atoms with Crippen LogP contribution in [0.3, 0.4) is 0 Å². The zero-order valence-corrected chi connectivity index (χ0v) is 64.7. The number of H-pyrrole nitrogens is 1. The van der Waals surface area contributed by atoms with Crippen molar-refractivity contribution in [1.29, 1.82) is 0 Å². The van der Waals surface area contributed by atoms with Gasteiger partial charge in [0.1, 0.15) is 0 Å². The fourth-order valence-corrected chi connectivity index (χ4v) is 12.9. The first kappa shape index (κ1) is 75.3. The zero-order chi connectivity index (χ0) is 66.1. The molecule has 0 radical (unpaired) electrons. The molecule has 0 amide bonds. The van der Waals surface area contributed by atoms with Gasteiger partial charge in [-0.05, 0) is 201 Å². The third-order valence-electron chi connectivity index (χ3n) is 17.3. The predicted octanol–water partition coefficient (Wildman–Crippen LogP) is 22.4. The molecule has 0 saturated carbocycles. The van der Waals surface area contributed by atoms with Crippen LogP contribution < -0.4 is 0 Å². The van der Waals surface area contributed by atoms with Crippen molar-refractivity contribution in [2.24, 2.45) is 0 Å². The fourth-order valence-electron chi connectivity index (χ4n) is 12.9. The minimum absolute atomic E-state index is 0. The highest BCUT2D eigenvalue weighted by Crippen LogP contribution is 2.50. The first-order chi connectivity index (χ1) is 46.8. The van der Waals surface area contributed by atoms with E-state index in [9.17, 15) is 0 Å². The summed E-state index contributed by atoms with van der Waals surface area (Å²) in [6.07, 6.45) is 26.8. The van der Waals surface area contributed by atoms with Crippen LogP contribution in [0.2, 0.25) is 0 Å². The van der Waals surface area contributed by atoms with Gasteiger partial charge in [0.25, 0.3) is 0 Å². The van der Waals surface area contributed by atoms with Gasteiger partial charge >= 0.3 is 0 Å². The molecule has 5 heterocycles. The van der Waals surface area contributed by atoms with Gasteiger partial charge in [-0.15, -0.1) is 67.9 Å². The van der Waals surface area contributed by atoms with E-state index in [4.69, 9.17) is 9.97 Å². The highest BCUT2D eigenvalue weighted by molar-refractivity contribution is 8.93. The Morgan fingerprint density at radius 2 is 0.650 bits per heavy atom. The van der Waals surface area contributed by atoms with Gasteiger partial charge in [-0.3, -0.25) is 0 Å². The summed E-state index contributed by atoms with van der Waals surface area (Å²) in [6, 6.07) is 82.1. The number of nitrogens with one attached hydrogen (secondary N) is 1. The monoisotopic (exact) mass is 1570 g/mol. The minimum atomic E-state index is 0. The molecule has 13 rings (SSSR count). The fraction of sp³-hybridized carbons (Fsp3) is 0.136. The normalized spacial score (nSPS) is 12.0. The van der Waals surface area contributed by atoms with Crippen LogP contribution in [0.1, 0.15) is 89.5 Å². The summed E-state index contributed by atoms with van der Waals surface area (Å²) in [5.41, 5.74) is 28.1. The molecule has 0 atom stereocenters. The van der Waals surface area contributed by atoms with Crippen LogP contribution in [-0.2, 0) is 26.2 Å². The molecule has 0 saturated heterocycles. The van der Waals surface area contributed by atoms with E-state index in [1.165, 1.54) is 22.3 Å². The molecule has 12 heteroatoms. The Balaban J connectivity index is 0.00000292. The van der Waals surface area contributed by atoms with Crippen LogP contribution in [-0.4, -0.2) is 95.5 Å². The summed E-state index contributed by atoms with van der Waals surface area (Å²) in [4.78, 5) is 23.7. The van der Waals surface area contributed by atoms with Crippen molar-refractivity contribution in [3.8, 4) is 39.1 Å². The molecule has 8 bridgehead atoms. The lowest BCUT2D eigenvalue weighted by molar-refractivity contribution is 0.402. The number of nitrogens with zero attached hydrogens (tertiary/aromatic N) is 7. The number of aromatic nitrogens is 4. The Kier molecular flexibility index (Phi) is 26.3. The van der Waals surface area contributed by atoms with Crippen molar-refractivity contribution in [3.63, 3.8) is 0 Å². The molecule has 2 aliphatic rings. The molecule has 0 unspecified atom stereocenters. The lowest BCUT2D eigenvalue weighted by atomic mass is 9.88. The Hall–Kier alpha value is -8.92. The maximum Gasteiger partial charge on any atom is 0.0737 e. The van der Waals surface area contributed by atoms with Gasteiger partial charge in [0.15, 0.2) is 0 Å². The standard InChI is InChI=1S/C88H82N8.4BrH/c1-92(2)58-66-33-25-62(26-34-66)41-45-70-17-9-13-21-79(70)85-82-54-53-77(91-82)56-76-50-49-74(89-76)55-75-51-52-78(90-75)57-84-86(80-22-14-10-18-71(80)46-42-63-27-35-67(36-28-63)59-93(3)4)87(81-23-15-11-19-72(81)47-43-64-29-37-68(38-30-64)60-94(5)6)88(85)96(84)83-24-16-12-20-73(83)48-44-65-31-39-69(40-32-65)61-95(7)8;;;;/h9-57,89H,58-61H2,1-8H3;4*1H. The summed E-state index contributed by atoms with van der Waals surface area (Å²) in [6.45, 7) is 3.46. The molecule has 2 aliphatic heterocycles. The first-order valence-corrected chi connectivity index (χ1v) is 33.0. The van der Waals surface area contributed by atoms with Gasteiger partial charge in [-0.25, -0.2) is 9.97 Å². The smallest absolute Gasteiger partial charge is 0.0737 e. The number of aromatic amines is 1. The Morgan fingerprint density at radius 3 is 1.06 bits per heavy atom. The van der Waals surface area contributed by atoms with Crippen LogP contribution in [0.25, 0.3) is 134 Å². The van der Waals surface area contributed by atoms with Crippen molar-refractivity contribution in [2.75, 3.05) is 56.4 Å². The third kappa shape index (κ3) is 18.3. The number of hydrogen-bond acceptors (Lipinski definition) is 6. The van der Waals surface area contributed by atoms with E-state index in [0.29, 0.717) is 0 Å². The lowest BCUT2D eigenvalue weighted by Crippen LogP contribution is -2.10. The molecule has 100 heavy (non-hydrogen) atoms. The summed E-state index contributed by atoms with van der Waals surface area (Å²) >= 11 is 0. The van der Waals surface area contributed by atoms with Gasteiger partial charge in [0.2, 0.25) is 0 Å². The zero-order valence-electron chi connectivity index (χ0n) is 57.9. The number of halogens is 4. The van der Waals surface area contributed by atoms with E-state index >= 15 is 0 Å². The van der Waals surface area contributed by atoms with E-state index in [0.717, 1.165) is 155 Å². The molecule has 0 aliphatic carbocycles. The van der Waals surface area contributed by atoms with Crippen LogP contribution in [0.15, 0.2) is 224 Å². The third-order valence-corrected chi connectivity index (χ3v) is 17.3. The average molecular weight is 1580 g/mol. The van der Waals surface area contributed by atoms with Crippen molar-refractivity contribution in [2.45, 2.75) is 26.2 Å². The van der Waals surface area contributed by atoms with Crippen molar-refractivity contribution < 1.29 is 0 Å². The molecule has 0 fully saturated rings. The van der Waals surface area contributed by atoms with Crippen LogP contribution in [0.5, 0.6) is 0 Å². The molecule has 8 nitrogen and oxygen atoms in total. The number of rotatable bonds is 20. The molecule has 506 valence electrons. The molecule has 1 N–H and O–H groups in total. The second-order valence-corrected chi connectivity index (χ2v) is 26.1. The molecule has 0 spiro atoms. The van der Waals surface area contributed by atoms with Crippen LogP contribution in [0, 0.1) is 0 Å². The lowest BCUT2D eigenvalue weighted by Gasteiger charge is -2.17. The summed E-state index contributed by atoms with van der Waals surface area (Å²) in [7, 11) is 16.9. The van der Waals surface area contributed by atoms with Crippen molar-refractivity contribution in [1.82, 2.24) is 39.1 Å². The van der Waals surface area contributed by atoms with Crippen molar-refractivity contribution in [3.05, 3.63) is 314 Å². The maximum absolute atomic E-state index is 5.76. The summed E-state index contributed by atoms with van der Waals surface area (Å²) in [5, 5.41) is 0. The van der Waals surface area contributed by atoms with Crippen molar-refractivity contribution >= 4 is 163 Å². The van der Waals surface area contributed by atoms with E-state index in [1.54, 1.807) is 0 Å². The van der Waals surface area contributed by atoms with Gasteiger partial charge in [0, 0.05) is 53.9 Å². The van der Waals surface area contributed by atoms with Gasteiger partial charge in [0.05, 0.1) is 39.5 Å². The van der Waals surface area contributed by atoms with E-state index in [2.05, 4.69) is 383 Å². The molecule has 8 aromatic carbocycles. The van der Waals surface area contributed by atoms with E-state index in [1.807, 2.05) is 0 Å². The molecular formula is C88H86Br4N8. The second-order valence-electron chi connectivity index (χ2n) is 26.1. The minimum Gasteiger partial charge on any atom is -0.355 e. The highest BCUT2D eigenvalue weighted by Gasteiger charge is 2.29. The Labute approximate surface area is 632 Å². The van der Waals surface area contributed by atoms with Crippen LogP contribution >= 0.6 is 67.9 Å². The first-order valence-electron chi connectivity index (χ1n) is 33.0. The van der Waals surface area contributed by atoms with Crippen LogP contribution in [0.4, 0.5) is 0 Å². The van der Waals surface area contributed by atoms with Gasteiger partial charge in [-0.2, -0.15) is 0 Å². The largest absolute Gasteiger partial charge is 0.355 e. The summed E-state index contributed by atoms with van der Waals surface area (Å²) in [5.74, 6) is 0. The van der Waals surface area contributed by atoms with E-state index < -0.39 is 0 Å². The second kappa shape index (κ2) is 34.9. The molecule has 11 aromatic rings. The Morgan fingerprint density at radius 1 is 0.320 bits per heavy atom. The summed E-state index contributed by atoms with van der Waals surface area (Å²) < 4.78 is 2.54. The SMILES string of the molecule is Br.Br.Br.Br.CN(C)Cc1ccc(C=Cc2ccccc2-c2c(-c3ccccc3C=Cc3ccc(CN(C)C)cc3)c3c(-c4ccccc4C=Cc4ccc(CN(C)C)cc4)c4nc(cc5ccc(cc6nc(cc2n3-c2ccccc2C=Cc2ccc(CN(C)C)cc2)C=C6)[nH]5)C=C4)cc1. The number of fused-ring (bicyclic) bond motifs is 8. The molecular weight excluding hydrogens is 1490 g/mol. The topological polar surface area (TPSA) is 59.5 Å². The van der Waals surface area contributed by atoms with E-state index in [-0.39, 0.29) is 67.9 Å². The van der Waals surface area contributed by atoms with Gasteiger partial charge < -0.3 is 29.2 Å². The van der Waals surface area contributed by atoms with Gasteiger partial charge in [-0.1, -0.05) is 237 Å². The quantitative estimate of drug-likeness (QED) is 0.0768. The maximum atomic E-state index is 5.76. The highest BCUT2D eigenvalue weighted by atomic mass is 79.9. The number of benzene rings is 8. The molecule has 3 aromatic heterocycles. The Bertz CT molecular complexity index is 4990. The number of hydrogen-bond donors (Lipinski definition) is 1.